The number of hydrogen-bond acceptors (Lipinski definition) is 3. The first-order chi connectivity index (χ1) is 14.1. The van der Waals surface area contributed by atoms with Crippen molar-refractivity contribution in [3.05, 3.63) is 70.4 Å². The number of hydrogen-bond donors (Lipinski definition) is 1. The minimum Gasteiger partial charge on any atom is -0.349 e. The van der Waals surface area contributed by atoms with Crippen LogP contribution < -0.4 is 5.32 Å². The molecule has 6 heteroatoms. The Labute approximate surface area is 172 Å². The van der Waals surface area contributed by atoms with Crippen molar-refractivity contribution in [3.8, 4) is 0 Å². The van der Waals surface area contributed by atoms with Crippen LogP contribution in [0.25, 0.3) is 10.1 Å². The number of carbonyl (C=O) groups excluding carboxylic acids is 2. The molecule has 1 aromatic heterocycles. The van der Waals surface area contributed by atoms with E-state index >= 15 is 0 Å². The summed E-state index contributed by atoms with van der Waals surface area (Å²) in [6.07, 6.45) is 4.10. The molecule has 2 aliphatic carbocycles. The van der Waals surface area contributed by atoms with Crippen molar-refractivity contribution in [3.63, 3.8) is 0 Å². The van der Waals surface area contributed by atoms with Gasteiger partial charge in [-0.05, 0) is 61.6 Å². The van der Waals surface area contributed by atoms with Gasteiger partial charge in [0.15, 0.2) is 0 Å². The molecule has 1 heterocycles. The molecule has 2 saturated carbocycles. The van der Waals surface area contributed by atoms with Gasteiger partial charge in [-0.15, -0.1) is 11.3 Å². The molecule has 0 aliphatic heterocycles. The lowest BCUT2D eigenvalue weighted by Crippen LogP contribution is -2.32. The van der Waals surface area contributed by atoms with Crippen LogP contribution in [-0.2, 0) is 6.54 Å². The third kappa shape index (κ3) is 3.90. The quantitative estimate of drug-likeness (QED) is 0.641. The summed E-state index contributed by atoms with van der Waals surface area (Å²) in [7, 11) is 0. The van der Waals surface area contributed by atoms with Gasteiger partial charge in [0.05, 0.1) is 4.88 Å². The second kappa shape index (κ2) is 7.26. The van der Waals surface area contributed by atoms with Crippen LogP contribution in [0.3, 0.4) is 0 Å². The standard InChI is InChI=1S/C23H21FN2O2S/c24-19-2-1-3-20-18(19)12-21(29-20)23(28)26(17-10-11-17)13-14-4-6-15(7-5-14)22(27)25-16-8-9-16/h1-7,12,16-17H,8-11,13H2,(H,25,27). The normalized spacial score (nSPS) is 16.0. The zero-order chi connectivity index (χ0) is 20.0. The molecule has 0 radical (unpaired) electrons. The second-order valence-corrected chi connectivity index (χ2v) is 8.95. The number of nitrogens with zero attached hydrogens (tertiary/aromatic N) is 1. The topological polar surface area (TPSA) is 49.4 Å². The molecular weight excluding hydrogens is 387 g/mol. The summed E-state index contributed by atoms with van der Waals surface area (Å²) in [6.45, 7) is 0.491. The number of rotatable bonds is 6. The zero-order valence-corrected chi connectivity index (χ0v) is 16.7. The van der Waals surface area contributed by atoms with Gasteiger partial charge in [-0.1, -0.05) is 18.2 Å². The first-order valence-corrected chi connectivity index (χ1v) is 10.8. The van der Waals surface area contributed by atoms with Gasteiger partial charge >= 0.3 is 0 Å². The molecule has 4 nitrogen and oxygen atoms in total. The van der Waals surface area contributed by atoms with E-state index in [2.05, 4.69) is 5.32 Å². The highest BCUT2D eigenvalue weighted by Crippen LogP contribution is 2.34. The largest absolute Gasteiger partial charge is 0.349 e. The van der Waals surface area contributed by atoms with Crippen molar-refractivity contribution in [2.45, 2.75) is 44.3 Å². The van der Waals surface area contributed by atoms with E-state index in [-0.39, 0.29) is 23.7 Å². The Hall–Kier alpha value is -2.73. The number of carbonyl (C=O) groups is 2. The van der Waals surface area contributed by atoms with Crippen molar-refractivity contribution < 1.29 is 14.0 Å². The Morgan fingerprint density at radius 3 is 2.48 bits per heavy atom. The molecular formula is C23H21FN2O2S. The van der Waals surface area contributed by atoms with Gasteiger partial charge in [-0.25, -0.2) is 4.39 Å². The number of nitrogens with one attached hydrogen (secondary N) is 1. The Morgan fingerprint density at radius 1 is 1.07 bits per heavy atom. The van der Waals surface area contributed by atoms with Gasteiger partial charge in [0.1, 0.15) is 5.82 Å². The molecule has 0 saturated heterocycles. The average Bonchev–Trinajstić information content (AvgIpc) is 3.65. The molecule has 2 fully saturated rings. The highest BCUT2D eigenvalue weighted by Gasteiger charge is 2.34. The molecule has 29 heavy (non-hydrogen) atoms. The van der Waals surface area contributed by atoms with Gasteiger partial charge in [-0.3, -0.25) is 9.59 Å². The van der Waals surface area contributed by atoms with E-state index in [1.807, 2.05) is 35.2 Å². The third-order valence-electron chi connectivity index (χ3n) is 5.45. The summed E-state index contributed by atoms with van der Waals surface area (Å²) < 4.78 is 14.8. The maximum absolute atomic E-state index is 14.0. The van der Waals surface area contributed by atoms with Gasteiger partial charge in [-0.2, -0.15) is 0 Å². The van der Waals surface area contributed by atoms with E-state index in [4.69, 9.17) is 0 Å². The van der Waals surface area contributed by atoms with Crippen molar-refractivity contribution in [1.82, 2.24) is 10.2 Å². The molecule has 0 unspecified atom stereocenters. The number of fused-ring (bicyclic) bond motifs is 1. The average molecular weight is 408 g/mol. The summed E-state index contributed by atoms with van der Waals surface area (Å²) in [6, 6.07) is 14.6. The van der Waals surface area contributed by atoms with Crippen LogP contribution in [0.2, 0.25) is 0 Å². The molecule has 1 N–H and O–H groups in total. The van der Waals surface area contributed by atoms with Crippen LogP contribution >= 0.6 is 11.3 Å². The van der Waals surface area contributed by atoms with Gasteiger partial charge in [0, 0.05) is 34.3 Å². The van der Waals surface area contributed by atoms with E-state index in [1.54, 1.807) is 12.1 Å². The van der Waals surface area contributed by atoms with Crippen LogP contribution in [0.5, 0.6) is 0 Å². The molecule has 0 spiro atoms. The monoisotopic (exact) mass is 408 g/mol. The molecule has 2 aromatic carbocycles. The highest BCUT2D eigenvalue weighted by atomic mass is 32.1. The molecule has 2 aliphatic rings. The number of benzene rings is 2. The fourth-order valence-corrected chi connectivity index (χ4v) is 4.51. The fourth-order valence-electron chi connectivity index (χ4n) is 3.48. The van der Waals surface area contributed by atoms with E-state index in [0.717, 1.165) is 35.9 Å². The van der Waals surface area contributed by atoms with Crippen molar-refractivity contribution in [2.75, 3.05) is 0 Å². The fraction of sp³-hybridized carbons (Fsp3) is 0.304. The minimum atomic E-state index is -0.296. The summed E-state index contributed by atoms with van der Waals surface area (Å²) in [4.78, 5) is 27.8. The van der Waals surface area contributed by atoms with E-state index in [9.17, 15) is 14.0 Å². The number of thiophene rings is 1. The van der Waals surface area contributed by atoms with Crippen LogP contribution in [0, 0.1) is 5.82 Å². The maximum atomic E-state index is 14.0. The van der Waals surface area contributed by atoms with E-state index in [0.29, 0.717) is 28.4 Å². The van der Waals surface area contributed by atoms with Crippen molar-refractivity contribution >= 4 is 33.2 Å². The Morgan fingerprint density at radius 2 is 1.83 bits per heavy atom. The predicted molar refractivity (Wildman–Crippen MR) is 112 cm³/mol. The van der Waals surface area contributed by atoms with Crippen LogP contribution in [0.4, 0.5) is 4.39 Å². The maximum Gasteiger partial charge on any atom is 0.264 e. The summed E-state index contributed by atoms with van der Waals surface area (Å²) >= 11 is 1.34. The van der Waals surface area contributed by atoms with E-state index < -0.39 is 0 Å². The zero-order valence-electron chi connectivity index (χ0n) is 15.9. The highest BCUT2D eigenvalue weighted by molar-refractivity contribution is 7.20. The molecule has 2 amide bonds. The molecule has 3 aromatic rings. The third-order valence-corrected chi connectivity index (χ3v) is 6.54. The Bertz CT molecular complexity index is 1080. The van der Waals surface area contributed by atoms with Gasteiger partial charge in [0.25, 0.3) is 11.8 Å². The van der Waals surface area contributed by atoms with Crippen molar-refractivity contribution in [2.24, 2.45) is 0 Å². The summed E-state index contributed by atoms with van der Waals surface area (Å²) in [5.74, 6) is -0.388. The minimum absolute atomic E-state index is 0.0403. The second-order valence-electron chi connectivity index (χ2n) is 7.87. The summed E-state index contributed by atoms with van der Waals surface area (Å²) in [5.41, 5.74) is 1.63. The van der Waals surface area contributed by atoms with Gasteiger partial charge in [0.2, 0.25) is 0 Å². The Kier molecular flexibility index (Phi) is 4.59. The molecule has 0 atom stereocenters. The first kappa shape index (κ1) is 18.3. The number of halogens is 1. The van der Waals surface area contributed by atoms with Crippen molar-refractivity contribution in [1.29, 1.82) is 0 Å². The SMILES string of the molecule is O=C(NC1CC1)c1ccc(CN(C(=O)c2cc3c(F)cccc3s2)C2CC2)cc1. The smallest absolute Gasteiger partial charge is 0.264 e. The molecule has 5 rings (SSSR count). The lowest BCUT2D eigenvalue weighted by molar-refractivity contribution is 0.0734. The van der Waals surface area contributed by atoms with Crippen LogP contribution in [0.1, 0.15) is 51.3 Å². The first-order valence-electron chi connectivity index (χ1n) is 9.97. The molecule has 148 valence electrons. The molecule has 0 bridgehead atoms. The van der Waals surface area contributed by atoms with Gasteiger partial charge < -0.3 is 10.2 Å². The van der Waals surface area contributed by atoms with Crippen LogP contribution in [-0.4, -0.2) is 28.8 Å². The lowest BCUT2D eigenvalue weighted by atomic mass is 10.1. The summed E-state index contributed by atoms with van der Waals surface area (Å²) in [5, 5.41) is 3.49. The Balaban J connectivity index is 1.34. The predicted octanol–water partition coefficient (Wildman–Crippen LogP) is 4.74. The lowest BCUT2D eigenvalue weighted by Gasteiger charge is -2.22. The van der Waals surface area contributed by atoms with Crippen LogP contribution in [0.15, 0.2) is 48.5 Å². The van der Waals surface area contributed by atoms with E-state index in [1.165, 1.54) is 17.4 Å². The number of amides is 2.